The van der Waals surface area contributed by atoms with Crippen LogP contribution in [0, 0.1) is 0 Å². The second kappa shape index (κ2) is 6.52. The Bertz CT molecular complexity index is 710. The molecular formula is C18H17NO4. The summed E-state index contributed by atoms with van der Waals surface area (Å²) in [5.41, 5.74) is 1.67. The Morgan fingerprint density at radius 1 is 1.04 bits per heavy atom. The van der Waals surface area contributed by atoms with Crippen LogP contribution >= 0.6 is 0 Å². The molecule has 23 heavy (non-hydrogen) atoms. The lowest BCUT2D eigenvalue weighted by atomic mass is 10.0. The third kappa shape index (κ3) is 3.04. The Kier molecular flexibility index (Phi) is 4.28. The predicted molar refractivity (Wildman–Crippen MR) is 85.6 cm³/mol. The van der Waals surface area contributed by atoms with Gasteiger partial charge >= 0.3 is 5.97 Å². The quantitative estimate of drug-likeness (QED) is 0.815. The number of rotatable bonds is 4. The summed E-state index contributed by atoms with van der Waals surface area (Å²) < 4.78 is 16.0. The van der Waals surface area contributed by atoms with Gasteiger partial charge in [0.15, 0.2) is 12.1 Å². The molecule has 0 radical (unpaired) electrons. The number of methoxy groups -OCH3 is 2. The summed E-state index contributed by atoms with van der Waals surface area (Å²) in [6.45, 7) is 0. The van der Waals surface area contributed by atoms with Crippen molar-refractivity contribution in [2.24, 2.45) is 4.99 Å². The van der Waals surface area contributed by atoms with Crippen molar-refractivity contribution in [2.75, 3.05) is 14.2 Å². The van der Waals surface area contributed by atoms with Gasteiger partial charge in [0.1, 0.15) is 5.75 Å². The minimum Gasteiger partial charge on any atom is -0.497 e. The lowest BCUT2D eigenvalue weighted by Gasteiger charge is -2.16. The maximum atomic E-state index is 12.0. The van der Waals surface area contributed by atoms with Crippen molar-refractivity contribution in [3.05, 3.63) is 65.7 Å². The average Bonchev–Trinajstić information content (AvgIpc) is 3.07. The third-order valence-corrected chi connectivity index (χ3v) is 3.69. The van der Waals surface area contributed by atoms with Gasteiger partial charge in [-0.25, -0.2) is 9.79 Å². The molecule has 2 atom stereocenters. The van der Waals surface area contributed by atoms with E-state index in [1.165, 1.54) is 7.11 Å². The Labute approximate surface area is 134 Å². The number of nitrogens with zero attached hydrogens (tertiary/aromatic N) is 1. The van der Waals surface area contributed by atoms with Crippen LogP contribution in [-0.4, -0.2) is 32.1 Å². The predicted octanol–water partition coefficient (Wildman–Crippen LogP) is 2.75. The maximum absolute atomic E-state index is 12.0. The molecule has 0 spiro atoms. The highest BCUT2D eigenvalue weighted by molar-refractivity contribution is 5.98. The largest absolute Gasteiger partial charge is 0.497 e. The van der Waals surface area contributed by atoms with Crippen LogP contribution in [0.4, 0.5) is 0 Å². The van der Waals surface area contributed by atoms with Crippen LogP contribution in [0.5, 0.6) is 5.75 Å². The van der Waals surface area contributed by atoms with Crippen LogP contribution in [0.1, 0.15) is 17.2 Å². The standard InChI is InChI=1S/C18H17NO4/c1-21-14-10-8-13(9-11-14)17-19-15(18(20)22-2)16(23-17)12-6-4-3-5-7-12/h3-11,15-16H,1-2H3/t15-,16-/m1/s1. The fraction of sp³-hybridized carbons (Fsp3) is 0.222. The molecule has 0 saturated carbocycles. The van der Waals surface area contributed by atoms with Crippen molar-refractivity contribution in [3.63, 3.8) is 0 Å². The highest BCUT2D eigenvalue weighted by Gasteiger charge is 2.38. The molecule has 5 nitrogen and oxygen atoms in total. The molecule has 2 aromatic carbocycles. The molecule has 0 unspecified atom stereocenters. The van der Waals surface area contributed by atoms with E-state index in [0.717, 1.165) is 16.9 Å². The van der Waals surface area contributed by atoms with Crippen LogP contribution in [0.25, 0.3) is 0 Å². The summed E-state index contributed by atoms with van der Waals surface area (Å²) in [6, 6.07) is 16.2. The first kappa shape index (κ1) is 15.1. The van der Waals surface area contributed by atoms with Crippen molar-refractivity contribution in [1.82, 2.24) is 0 Å². The number of ether oxygens (including phenoxy) is 3. The van der Waals surface area contributed by atoms with Gasteiger partial charge in [-0.2, -0.15) is 0 Å². The highest BCUT2D eigenvalue weighted by atomic mass is 16.5. The zero-order valence-electron chi connectivity index (χ0n) is 12.9. The molecule has 1 heterocycles. The molecular weight excluding hydrogens is 294 g/mol. The molecule has 3 rings (SSSR count). The Morgan fingerprint density at radius 3 is 2.35 bits per heavy atom. The second-order valence-electron chi connectivity index (χ2n) is 5.08. The summed E-state index contributed by atoms with van der Waals surface area (Å²) in [7, 11) is 2.96. The third-order valence-electron chi connectivity index (χ3n) is 3.69. The van der Waals surface area contributed by atoms with Gasteiger partial charge in [-0.3, -0.25) is 0 Å². The SMILES string of the molecule is COC(=O)[C@@H]1N=C(c2ccc(OC)cc2)O[C@@H]1c1ccccc1. The lowest BCUT2D eigenvalue weighted by Crippen LogP contribution is -2.25. The molecule has 118 valence electrons. The number of hydrogen-bond acceptors (Lipinski definition) is 5. The number of aliphatic imine (C=N–C) groups is 1. The fourth-order valence-electron chi connectivity index (χ4n) is 2.48. The molecule has 1 aliphatic rings. The summed E-state index contributed by atoms with van der Waals surface area (Å²) in [4.78, 5) is 16.5. The van der Waals surface area contributed by atoms with Crippen LogP contribution in [-0.2, 0) is 14.3 Å². The van der Waals surface area contributed by atoms with Crippen LogP contribution < -0.4 is 4.74 Å². The van der Waals surface area contributed by atoms with Gasteiger partial charge in [0.25, 0.3) is 0 Å². The number of benzene rings is 2. The highest BCUT2D eigenvalue weighted by Crippen LogP contribution is 2.32. The smallest absolute Gasteiger partial charge is 0.335 e. The summed E-state index contributed by atoms with van der Waals surface area (Å²) in [6.07, 6.45) is -0.485. The Morgan fingerprint density at radius 2 is 1.74 bits per heavy atom. The van der Waals surface area contributed by atoms with E-state index >= 15 is 0 Å². The van der Waals surface area contributed by atoms with Crippen molar-refractivity contribution >= 4 is 11.9 Å². The number of carbonyl (C=O) groups is 1. The fourth-order valence-corrected chi connectivity index (χ4v) is 2.48. The zero-order chi connectivity index (χ0) is 16.2. The first-order valence-corrected chi connectivity index (χ1v) is 7.24. The molecule has 0 saturated heterocycles. The van der Waals surface area contributed by atoms with Crippen molar-refractivity contribution < 1.29 is 19.0 Å². The van der Waals surface area contributed by atoms with E-state index in [-0.39, 0.29) is 0 Å². The van der Waals surface area contributed by atoms with Gasteiger partial charge in [-0.15, -0.1) is 0 Å². The van der Waals surface area contributed by atoms with Gasteiger partial charge in [0, 0.05) is 5.56 Å². The van der Waals surface area contributed by atoms with E-state index in [9.17, 15) is 4.79 Å². The normalized spacial score (nSPS) is 19.7. The van der Waals surface area contributed by atoms with Crippen LogP contribution in [0.2, 0.25) is 0 Å². The molecule has 0 N–H and O–H groups in total. The zero-order valence-corrected chi connectivity index (χ0v) is 12.9. The molecule has 0 aromatic heterocycles. The van der Waals surface area contributed by atoms with Crippen molar-refractivity contribution in [3.8, 4) is 5.75 Å². The van der Waals surface area contributed by atoms with Gasteiger partial charge < -0.3 is 14.2 Å². The minimum atomic E-state index is -0.709. The van der Waals surface area contributed by atoms with Gasteiger partial charge in [-0.1, -0.05) is 30.3 Å². The molecule has 0 fully saturated rings. The number of hydrogen-bond donors (Lipinski definition) is 0. The molecule has 2 aromatic rings. The van der Waals surface area contributed by atoms with Crippen LogP contribution in [0.3, 0.4) is 0 Å². The summed E-state index contributed by atoms with van der Waals surface area (Å²) in [5, 5.41) is 0. The minimum absolute atomic E-state index is 0.414. The van der Waals surface area contributed by atoms with E-state index in [1.807, 2.05) is 54.6 Å². The van der Waals surface area contributed by atoms with Crippen molar-refractivity contribution in [1.29, 1.82) is 0 Å². The average molecular weight is 311 g/mol. The maximum Gasteiger partial charge on any atom is 0.335 e. The van der Waals surface area contributed by atoms with Crippen LogP contribution in [0.15, 0.2) is 59.6 Å². The first-order chi connectivity index (χ1) is 11.2. The molecule has 0 aliphatic carbocycles. The van der Waals surface area contributed by atoms with Gasteiger partial charge in [0.05, 0.1) is 14.2 Å². The topological polar surface area (TPSA) is 57.1 Å². The van der Waals surface area contributed by atoms with E-state index in [1.54, 1.807) is 7.11 Å². The van der Waals surface area contributed by atoms with E-state index in [0.29, 0.717) is 5.90 Å². The Hall–Kier alpha value is -2.82. The summed E-state index contributed by atoms with van der Waals surface area (Å²) in [5.74, 6) is 0.760. The molecule has 0 amide bonds. The Balaban J connectivity index is 1.91. The second-order valence-corrected chi connectivity index (χ2v) is 5.08. The first-order valence-electron chi connectivity index (χ1n) is 7.24. The number of carbonyl (C=O) groups excluding carboxylic acids is 1. The molecule has 5 heteroatoms. The van der Waals surface area contributed by atoms with E-state index in [2.05, 4.69) is 4.99 Å². The van der Waals surface area contributed by atoms with Crippen molar-refractivity contribution in [2.45, 2.75) is 12.1 Å². The van der Waals surface area contributed by atoms with Gasteiger partial charge in [0.2, 0.25) is 5.90 Å². The number of esters is 1. The van der Waals surface area contributed by atoms with E-state index < -0.39 is 18.1 Å². The van der Waals surface area contributed by atoms with Gasteiger partial charge in [-0.05, 0) is 29.8 Å². The molecule has 1 aliphatic heterocycles. The monoisotopic (exact) mass is 311 g/mol. The summed E-state index contributed by atoms with van der Waals surface area (Å²) >= 11 is 0. The van der Waals surface area contributed by atoms with E-state index in [4.69, 9.17) is 14.2 Å². The molecule has 0 bridgehead atoms. The lowest BCUT2D eigenvalue weighted by molar-refractivity contribution is -0.143.